The SMILES string of the molecule is C[C@@H](Oc1cc(N2CCN(CCn3cnc4c3nc(N)n3nc(-c5ccco5)cc43)CC2)c(F)cc1F)C(=O)O. The number of carboxylic acid groups (broad SMARTS) is 1. The van der Waals surface area contributed by atoms with Gasteiger partial charge in [0.15, 0.2) is 29.1 Å². The number of hydrogen-bond donors (Lipinski definition) is 2. The first-order valence-corrected chi connectivity index (χ1v) is 12.7. The van der Waals surface area contributed by atoms with Gasteiger partial charge in [0.1, 0.15) is 22.5 Å². The van der Waals surface area contributed by atoms with Crippen molar-refractivity contribution in [3.8, 4) is 17.2 Å². The van der Waals surface area contributed by atoms with Gasteiger partial charge in [-0.3, -0.25) is 4.90 Å². The Hall–Kier alpha value is -4.72. The van der Waals surface area contributed by atoms with Crippen LogP contribution in [0.3, 0.4) is 0 Å². The number of carboxylic acids is 1. The van der Waals surface area contributed by atoms with E-state index in [4.69, 9.17) is 20.0 Å². The fourth-order valence-corrected chi connectivity index (χ4v) is 4.82. The number of anilines is 2. The topological polar surface area (TPSA) is 140 Å². The van der Waals surface area contributed by atoms with Crippen molar-refractivity contribution >= 4 is 34.3 Å². The van der Waals surface area contributed by atoms with Gasteiger partial charge in [-0.2, -0.15) is 14.6 Å². The second kappa shape index (κ2) is 10.1. The first kappa shape index (κ1) is 25.6. The maximum Gasteiger partial charge on any atom is 0.344 e. The number of imidazole rings is 1. The van der Waals surface area contributed by atoms with E-state index in [-0.39, 0.29) is 17.4 Å². The Kier molecular flexibility index (Phi) is 6.46. The molecule has 0 radical (unpaired) electrons. The molecule has 1 fully saturated rings. The molecule has 4 aromatic heterocycles. The Balaban J connectivity index is 1.13. The number of furan rings is 1. The van der Waals surface area contributed by atoms with Crippen LogP contribution in [0.2, 0.25) is 0 Å². The molecule has 5 aromatic rings. The number of aromatic nitrogens is 5. The van der Waals surface area contributed by atoms with Crippen molar-refractivity contribution in [3.05, 3.63) is 54.6 Å². The summed E-state index contributed by atoms with van der Waals surface area (Å²) in [6.45, 7) is 4.86. The molecule has 0 saturated carbocycles. The number of piperazine rings is 1. The fraction of sp³-hybridized carbons (Fsp3) is 0.308. The number of benzene rings is 1. The standard InChI is InChI=1S/C26H26F2N8O4/c1-15(25(37)38)40-22-13-19(16(27)11-17(22)28)34-7-4-33(5-8-34)6-9-35-14-30-23-20-12-18(21-3-2-10-39-21)32-36(20)26(29)31-24(23)35/h2-3,10-15H,4-9H2,1H3,(H2,29,31)(H,37,38)/t15-/m1/s1. The van der Waals surface area contributed by atoms with Crippen LogP contribution in [0.4, 0.5) is 20.4 Å². The molecule has 0 spiro atoms. The molecule has 14 heteroatoms. The van der Waals surface area contributed by atoms with Gasteiger partial charge in [0, 0.05) is 51.4 Å². The van der Waals surface area contributed by atoms with Crippen molar-refractivity contribution in [2.24, 2.45) is 0 Å². The van der Waals surface area contributed by atoms with E-state index >= 15 is 0 Å². The Bertz CT molecular complexity index is 1690. The number of nitrogens with zero attached hydrogens (tertiary/aromatic N) is 7. The molecule has 3 N–H and O–H groups in total. The van der Waals surface area contributed by atoms with Crippen molar-refractivity contribution in [1.82, 2.24) is 29.0 Å². The van der Waals surface area contributed by atoms with Gasteiger partial charge < -0.3 is 29.5 Å². The van der Waals surface area contributed by atoms with Gasteiger partial charge in [0.05, 0.1) is 18.3 Å². The smallest absolute Gasteiger partial charge is 0.344 e. The van der Waals surface area contributed by atoms with E-state index in [1.807, 2.05) is 16.7 Å². The summed E-state index contributed by atoms with van der Waals surface area (Å²) in [6, 6.07) is 7.42. The molecule has 1 atom stereocenters. The van der Waals surface area contributed by atoms with Crippen molar-refractivity contribution < 1.29 is 27.8 Å². The molecule has 1 aliphatic rings. The average Bonchev–Trinajstić information content (AvgIpc) is 3.69. The maximum absolute atomic E-state index is 14.6. The highest BCUT2D eigenvalue weighted by Crippen LogP contribution is 2.30. The van der Waals surface area contributed by atoms with Gasteiger partial charge >= 0.3 is 5.97 Å². The van der Waals surface area contributed by atoms with E-state index in [0.29, 0.717) is 61.9 Å². The zero-order valence-electron chi connectivity index (χ0n) is 21.5. The fourth-order valence-electron chi connectivity index (χ4n) is 4.82. The number of rotatable bonds is 8. The van der Waals surface area contributed by atoms with Crippen molar-refractivity contribution in [2.75, 3.05) is 43.4 Å². The summed E-state index contributed by atoms with van der Waals surface area (Å²) >= 11 is 0. The van der Waals surface area contributed by atoms with Crippen LogP contribution < -0.4 is 15.4 Å². The first-order chi connectivity index (χ1) is 19.3. The molecular formula is C26H26F2N8O4. The van der Waals surface area contributed by atoms with Gasteiger partial charge in [-0.25, -0.2) is 18.6 Å². The number of ether oxygens (including phenoxy) is 1. The molecule has 0 aliphatic carbocycles. The Morgan fingerprint density at radius 3 is 2.70 bits per heavy atom. The van der Waals surface area contributed by atoms with Gasteiger partial charge in [-0.1, -0.05) is 0 Å². The summed E-state index contributed by atoms with van der Waals surface area (Å²) in [4.78, 5) is 24.2. The summed E-state index contributed by atoms with van der Waals surface area (Å²) in [6.07, 6.45) is 2.04. The second-order valence-corrected chi connectivity index (χ2v) is 9.55. The minimum Gasteiger partial charge on any atom is -0.479 e. The van der Waals surface area contributed by atoms with Crippen LogP contribution in [0, 0.1) is 11.6 Å². The molecule has 5 heterocycles. The van der Waals surface area contributed by atoms with E-state index < -0.39 is 23.7 Å². The number of carbonyl (C=O) groups is 1. The van der Waals surface area contributed by atoms with Crippen LogP contribution in [-0.4, -0.2) is 79.0 Å². The van der Waals surface area contributed by atoms with E-state index in [0.717, 1.165) is 11.6 Å². The molecule has 6 rings (SSSR count). The molecule has 1 saturated heterocycles. The van der Waals surface area contributed by atoms with E-state index in [2.05, 4.69) is 20.0 Å². The largest absolute Gasteiger partial charge is 0.479 e. The number of fused-ring (bicyclic) bond motifs is 3. The molecule has 40 heavy (non-hydrogen) atoms. The third-order valence-electron chi connectivity index (χ3n) is 7.00. The lowest BCUT2D eigenvalue weighted by molar-refractivity contribution is -0.144. The van der Waals surface area contributed by atoms with E-state index in [1.165, 1.54) is 13.0 Å². The molecule has 1 aliphatic heterocycles. The number of nitrogen functional groups attached to an aromatic ring is 1. The maximum atomic E-state index is 14.6. The lowest BCUT2D eigenvalue weighted by Crippen LogP contribution is -2.47. The monoisotopic (exact) mass is 552 g/mol. The number of nitrogens with two attached hydrogens (primary N) is 1. The molecule has 12 nitrogen and oxygen atoms in total. The zero-order chi connectivity index (χ0) is 28.0. The van der Waals surface area contributed by atoms with Crippen LogP contribution in [0.1, 0.15) is 6.92 Å². The summed E-state index contributed by atoms with van der Waals surface area (Å²) in [7, 11) is 0. The molecular weight excluding hydrogens is 526 g/mol. The van der Waals surface area contributed by atoms with Crippen LogP contribution in [0.5, 0.6) is 5.75 Å². The van der Waals surface area contributed by atoms with Gasteiger partial charge in [-0.15, -0.1) is 0 Å². The summed E-state index contributed by atoms with van der Waals surface area (Å²) in [5.74, 6) is -2.35. The normalized spacial score (nSPS) is 15.2. The highest BCUT2D eigenvalue weighted by molar-refractivity contribution is 5.90. The average molecular weight is 553 g/mol. The van der Waals surface area contributed by atoms with Gasteiger partial charge in [0.25, 0.3) is 0 Å². The third-order valence-corrected chi connectivity index (χ3v) is 7.00. The minimum atomic E-state index is -1.27. The van der Waals surface area contributed by atoms with Gasteiger partial charge in [0.2, 0.25) is 5.95 Å². The Labute approximate surface area is 226 Å². The molecule has 0 amide bonds. The molecule has 0 unspecified atom stereocenters. The molecule has 0 bridgehead atoms. The van der Waals surface area contributed by atoms with Crippen molar-refractivity contribution in [1.29, 1.82) is 0 Å². The van der Waals surface area contributed by atoms with Crippen molar-refractivity contribution in [2.45, 2.75) is 19.6 Å². The predicted molar refractivity (Wildman–Crippen MR) is 141 cm³/mol. The molecule has 208 valence electrons. The van der Waals surface area contributed by atoms with Crippen LogP contribution in [-0.2, 0) is 11.3 Å². The summed E-state index contributed by atoms with van der Waals surface area (Å²) in [5, 5.41) is 13.5. The highest BCUT2D eigenvalue weighted by atomic mass is 19.1. The van der Waals surface area contributed by atoms with Gasteiger partial charge in [-0.05, 0) is 25.1 Å². The van der Waals surface area contributed by atoms with Crippen LogP contribution >= 0.6 is 0 Å². The minimum absolute atomic E-state index is 0.174. The number of aliphatic carboxylic acids is 1. The lowest BCUT2D eigenvalue weighted by Gasteiger charge is -2.36. The van der Waals surface area contributed by atoms with E-state index in [1.54, 1.807) is 28.1 Å². The predicted octanol–water partition coefficient (Wildman–Crippen LogP) is 2.87. The Morgan fingerprint density at radius 2 is 1.98 bits per heavy atom. The zero-order valence-corrected chi connectivity index (χ0v) is 21.5. The van der Waals surface area contributed by atoms with Crippen LogP contribution in [0.25, 0.3) is 28.1 Å². The van der Waals surface area contributed by atoms with Crippen molar-refractivity contribution in [3.63, 3.8) is 0 Å². The third kappa shape index (κ3) is 4.66. The highest BCUT2D eigenvalue weighted by Gasteiger charge is 2.24. The van der Waals surface area contributed by atoms with E-state index in [9.17, 15) is 13.6 Å². The Morgan fingerprint density at radius 1 is 1.18 bits per heavy atom. The number of hydrogen-bond acceptors (Lipinski definition) is 9. The number of halogens is 2. The second-order valence-electron chi connectivity index (χ2n) is 9.55. The summed E-state index contributed by atoms with van der Waals surface area (Å²) < 4.78 is 42.9. The summed E-state index contributed by atoms with van der Waals surface area (Å²) in [5.41, 5.74) is 9.06. The molecule has 1 aromatic carbocycles. The van der Waals surface area contributed by atoms with Crippen LogP contribution in [0.15, 0.2) is 47.3 Å². The lowest BCUT2D eigenvalue weighted by atomic mass is 10.2. The quantitative estimate of drug-likeness (QED) is 0.295. The first-order valence-electron chi connectivity index (χ1n) is 12.7.